The van der Waals surface area contributed by atoms with Gasteiger partial charge in [0.25, 0.3) is 0 Å². The SMILES string of the molecule is OC/C=C(\I)Sc1ccccc1. The van der Waals surface area contributed by atoms with Gasteiger partial charge < -0.3 is 5.11 Å². The van der Waals surface area contributed by atoms with Gasteiger partial charge in [0.1, 0.15) is 0 Å². The van der Waals surface area contributed by atoms with Crippen molar-refractivity contribution >= 4 is 34.4 Å². The molecule has 1 aromatic carbocycles. The maximum Gasteiger partial charge on any atom is 0.0630 e. The lowest BCUT2D eigenvalue weighted by molar-refractivity contribution is 0.343. The maximum atomic E-state index is 8.62. The van der Waals surface area contributed by atoms with Crippen LogP contribution in [0.1, 0.15) is 0 Å². The number of hydrogen-bond acceptors (Lipinski definition) is 2. The van der Waals surface area contributed by atoms with Gasteiger partial charge in [0.05, 0.1) is 6.61 Å². The molecule has 0 saturated heterocycles. The van der Waals surface area contributed by atoms with Gasteiger partial charge in [-0.05, 0) is 40.8 Å². The summed E-state index contributed by atoms with van der Waals surface area (Å²) in [7, 11) is 0. The summed E-state index contributed by atoms with van der Waals surface area (Å²) >= 11 is 3.87. The van der Waals surface area contributed by atoms with Gasteiger partial charge in [-0.1, -0.05) is 30.0 Å². The van der Waals surface area contributed by atoms with Crippen LogP contribution in [0, 0.1) is 0 Å². The molecule has 0 amide bonds. The predicted octanol–water partition coefficient (Wildman–Crippen LogP) is 3.05. The highest BCUT2D eigenvalue weighted by Crippen LogP contribution is 2.30. The van der Waals surface area contributed by atoms with E-state index in [1.807, 2.05) is 18.2 Å². The van der Waals surface area contributed by atoms with Gasteiger partial charge in [-0.3, -0.25) is 0 Å². The first-order chi connectivity index (χ1) is 5.83. The fourth-order valence-corrected chi connectivity index (χ4v) is 2.35. The van der Waals surface area contributed by atoms with E-state index in [1.54, 1.807) is 17.8 Å². The van der Waals surface area contributed by atoms with E-state index >= 15 is 0 Å². The Hall–Kier alpha value is -0.000000000000000111. The molecule has 0 saturated carbocycles. The van der Waals surface area contributed by atoms with Crippen LogP contribution in [0.4, 0.5) is 0 Å². The molecule has 0 aliphatic carbocycles. The third-order valence-electron chi connectivity index (χ3n) is 1.21. The summed E-state index contributed by atoms with van der Waals surface area (Å²) in [5.74, 6) is 0. The third-order valence-corrected chi connectivity index (χ3v) is 3.18. The minimum absolute atomic E-state index is 0.109. The van der Waals surface area contributed by atoms with Crippen molar-refractivity contribution < 1.29 is 5.11 Å². The Morgan fingerprint density at radius 1 is 1.42 bits per heavy atom. The second-order valence-corrected chi connectivity index (χ2v) is 5.12. The van der Waals surface area contributed by atoms with Crippen molar-refractivity contribution in [2.75, 3.05) is 6.61 Å². The number of hydrogen-bond donors (Lipinski definition) is 1. The molecule has 0 aliphatic rings. The van der Waals surface area contributed by atoms with Gasteiger partial charge in [0.2, 0.25) is 0 Å². The summed E-state index contributed by atoms with van der Waals surface area (Å²) in [6.07, 6.45) is 1.79. The van der Waals surface area contributed by atoms with Crippen molar-refractivity contribution in [1.29, 1.82) is 0 Å². The Kier molecular flexibility index (Phi) is 4.72. The van der Waals surface area contributed by atoms with E-state index in [9.17, 15) is 0 Å². The number of halogens is 1. The summed E-state index contributed by atoms with van der Waals surface area (Å²) in [5.41, 5.74) is 0. The molecule has 0 unspecified atom stereocenters. The molecule has 0 bridgehead atoms. The van der Waals surface area contributed by atoms with E-state index < -0.39 is 0 Å². The molecule has 1 nitrogen and oxygen atoms in total. The molecular formula is C9H9IOS. The predicted molar refractivity (Wildman–Crippen MR) is 61.5 cm³/mol. The zero-order valence-electron chi connectivity index (χ0n) is 6.40. The van der Waals surface area contributed by atoms with Crippen LogP contribution in [0.15, 0.2) is 44.2 Å². The summed E-state index contributed by atoms with van der Waals surface area (Å²) in [5, 5.41) is 8.62. The molecule has 1 rings (SSSR count). The van der Waals surface area contributed by atoms with Crippen LogP contribution >= 0.6 is 34.4 Å². The van der Waals surface area contributed by atoms with Gasteiger partial charge in [0, 0.05) is 7.81 Å². The minimum Gasteiger partial charge on any atom is -0.392 e. The van der Waals surface area contributed by atoms with E-state index in [4.69, 9.17) is 5.11 Å². The zero-order valence-corrected chi connectivity index (χ0v) is 9.38. The smallest absolute Gasteiger partial charge is 0.0630 e. The van der Waals surface area contributed by atoms with Gasteiger partial charge in [-0.15, -0.1) is 0 Å². The molecule has 0 spiro atoms. The topological polar surface area (TPSA) is 20.2 Å². The van der Waals surface area contributed by atoms with Crippen LogP contribution in [0.5, 0.6) is 0 Å². The van der Waals surface area contributed by atoms with Crippen LogP contribution in [0.3, 0.4) is 0 Å². The third kappa shape index (κ3) is 3.60. The Labute approximate surface area is 90.0 Å². The zero-order chi connectivity index (χ0) is 8.81. The van der Waals surface area contributed by atoms with E-state index in [1.165, 1.54) is 4.90 Å². The first-order valence-electron chi connectivity index (χ1n) is 3.52. The summed E-state index contributed by atoms with van der Waals surface area (Å²) in [6.45, 7) is 0.109. The van der Waals surface area contributed by atoms with Crippen LogP contribution in [-0.2, 0) is 0 Å². The molecule has 1 N–H and O–H groups in total. The lowest BCUT2D eigenvalue weighted by Gasteiger charge is -1.97. The van der Waals surface area contributed by atoms with Gasteiger partial charge in [-0.2, -0.15) is 0 Å². The van der Waals surface area contributed by atoms with Crippen molar-refractivity contribution in [3.63, 3.8) is 0 Å². The van der Waals surface area contributed by atoms with Crippen molar-refractivity contribution in [2.45, 2.75) is 4.90 Å². The minimum atomic E-state index is 0.109. The molecule has 3 heteroatoms. The van der Waals surface area contributed by atoms with Gasteiger partial charge in [0.15, 0.2) is 0 Å². The Morgan fingerprint density at radius 2 is 2.08 bits per heavy atom. The largest absolute Gasteiger partial charge is 0.392 e. The first-order valence-corrected chi connectivity index (χ1v) is 5.42. The monoisotopic (exact) mass is 292 g/mol. The molecule has 0 heterocycles. The standard InChI is InChI=1S/C9H9IOS/c10-9(6-7-11)12-8-4-2-1-3-5-8/h1-6,11H,7H2/b9-6+. The van der Waals surface area contributed by atoms with Gasteiger partial charge in [-0.25, -0.2) is 0 Å². The highest BCUT2D eigenvalue weighted by atomic mass is 127. The number of rotatable bonds is 3. The van der Waals surface area contributed by atoms with Crippen molar-refractivity contribution in [3.05, 3.63) is 39.3 Å². The molecule has 0 aliphatic heterocycles. The highest BCUT2D eigenvalue weighted by molar-refractivity contribution is 14.1. The second-order valence-electron chi connectivity index (χ2n) is 2.11. The van der Waals surface area contributed by atoms with E-state index in [0.29, 0.717) is 0 Å². The number of thioether (sulfide) groups is 1. The molecule has 0 aromatic heterocycles. The summed E-state index contributed by atoms with van der Waals surface area (Å²) in [6, 6.07) is 10.1. The fourth-order valence-electron chi connectivity index (χ4n) is 0.715. The molecule has 0 atom stereocenters. The average Bonchev–Trinajstić information content (AvgIpc) is 2.06. The molecular weight excluding hydrogens is 283 g/mol. The van der Waals surface area contributed by atoms with E-state index in [0.717, 1.165) is 2.91 Å². The highest BCUT2D eigenvalue weighted by Gasteiger charge is 1.94. The Morgan fingerprint density at radius 3 is 2.67 bits per heavy atom. The molecule has 1 aromatic rings. The fraction of sp³-hybridized carbons (Fsp3) is 0.111. The van der Waals surface area contributed by atoms with E-state index in [-0.39, 0.29) is 6.61 Å². The van der Waals surface area contributed by atoms with Gasteiger partial charge >= 0.3 is 0 Å². The lowest BCUT2D eigenvalue weighted by Crippen LogP contribution is -1.73. The first kappa shape index (κ1) is 10.1. The number of benzene rings is 1. The summed E-state index contributed by atoms with van der Waals surface area (Å²) < 4.78 is 1.10. The van der Waals surface area contributed by atoms with Crippen molar-refractivity contribution in [1.82, 2.24) is 0 Å². The number of aliphatic hydroxyl groups excluding tert-OH is 1. The van der Waals surface area contributed by atoms with Crippen LogP contribution in [-0.4, -0.2) is 11.7 Å². The van der Waals surface area contributed by atoms with Crippen LogP contribution in [0.25, 0.3) is 0 Å². The molecule has 12 heavy (non-hydrogen) atoms. The Bertz CT molecular complexity index is 258. The number of aliphatic hydroxyl groups is 1. The van der Waals surface area contributed by atoms with Crippen molar-refractivity contribution in [3.8, 4) is 0 Å². The molecule has 0 radical (unpaired) electrons. The normalized spacial score (nSPS) is 11.7. The van der Waals surface area contributed by atoms with E-state index in [2.05, 4.69) is 34.7 Å². The Balaban J connectivity index is 2.58. The summed E-state index contributed by atoms with van der Waals surface area (Å²) in [4.78, 5) is 1.20. The maximum absolute atomic E-state index is 8.62. The lowest BCUT2D eigenvalue weighted by atomic mass is 10.4. The molecule has 0 fully saturated rings. The average molecular weight is 292 g/mol. The quantitative estimate of drug-likeness (QED) is 0.682. The van der Waals surface area contributed by atoms with Crippen LogP contribution in [0.2, 0.25) is 0 Å². The van der Waals surface area contributed by atoms with Crippen molar-refractivity contribution in [2.24, 2.45) is 0 Å². The second kappa shape index (κ2) is 5.61. The molecule has 64 valence electrons. The van der Waals surface area contributed by atoms with Crippen LogP contribution < -0.4 is 0 Å².